The lowest BCUT2D eigenvalue weighted by Gasteiger charge is -2.31. The molecule has 0 saturated carbocycles. The van der Waals surface area contributed by atoms with Gasteiger partial charge >= 0.3 is 5.97 Å². The Morgan fingerprint density at radius 2 is 2.06 bits per heavy atom. The SMILES string of the molecule is Cc1cc2c(cc1C)SC(CC(=O)O)C(C)N2. The maximum atomic E-state index is 10.8. The molecule has 2 N–H and O–H groups in total. The molecule has 1 aromatic rings. The van der Waals surface area contributed by atoms with E-state index >= 15 is 0 Å². The average Bonchev–Trinajstić information content (AvgIpc) is 2.22. The maximum Gasteiger partial charge on any atom is 0.304 e. The summed E-state index contributed by atoms with van der Waals surface area (Å²) >= 11 is 1.67. The number of carboxylic acid groups (broad SMARTS) is 1. The molecule has 3 nitrogen and oxygen atoms in total. The van der Waals surface area contributed by atoms with E-state index in [9.17, 15) is 4.79 Å². The number of hydrogen-bond acceptors (Lipinski definition) is 3. The van der Waals surface area contributed by atoms with E-state index in [-0.39, 0.29) is 17.7 Å². The fourth-order valence-corrected chi connectivity index (χ4v) is 3.31. The Morgan fingerprint density at radius 1 is 1.41 bits per heavy atom. The summed E-state index contributed by atoms with van der Waals surface area (Å²) in [6.45, 7) is 6.22. The zero-order valence-electron chi connectivity index (χ0n) is 10.3. The summed E-state index contributed by atoms with van der Waals surface area (Å²) in [6, 6.07) is 4.47. The minimum absolute atomic E-state index is 0.0992. The number of carboxylic acids is 1. The third-order valence-electron chi connectivity index (χ3n) is 3.19. The minimum atomic E-state index is -0.733. The van der Waals surface area contributed by atoms with Gasteiger partial charge in [-0.15, -0.1) is 11.8 Å². The van der Waals surface area contributed by atoms with E-state index in [0.29, 0.717) is 0 Å². The predicted octanol–water partition coefficient (Wildman–Crippen LogP) is 3.05. The monoisotopic (exact) mass is 251 g/mol. The average molecular weight is 251 g/mol. The summed E-state index contributed by atoms with van der Waals surface area (Å²) in [5.41, 5.74) is 3.65. The first kappa shape index (κ1) is 12.3. The van der Waals surface area contributed by atoms with Gasteiger partial charge in [-0.1, -0.05) is 0 Å². The van der Waals surface area contributed by atoms with E-state index in [0.717, 1.165) is 10.6 Å². The molecule has 17 heavy (non-hydrogen) atoms. The molecule has 1 aliphatic rings. The summed E-state index contributed by atoms with van der Waals surface area (Å²) in [6.07, 6.45) is 0.200. The van der Waals surface area contributed by atoms with Gasteiger partial charge in [-0.05, 0) is 44.0 Å². The van der Waals surface area contributed by atoms with Crippen LogP contribution in [0.3, 0.4) is 0 Å². The third kappa shape index (κ3) is 2.57. The van der Waals surface area contributed by atoms with Gasteiger partial charge < -0.3 is 10.4 Å². The lowest BCUT2D eigenvalue weighted by Crippen LogP contribution is -2.33. The van der Waals surface area contributed by atoms with Crippen molar-refractivity contribution in [2.45, 2.75) is 43.4 Å². The van der Waals surface area contributed by atoms with E-state index in [2.05, 4.69) is 31.3 Å². The molecule has 1 heterocycles. The molecule has 0 radical (unpaired) electrons. The largest absolute Gasteiger partial charge is 0.481 e. The summed E-state index contributed by atoms with van der Waals surface area (Å²) in [5.74, 6) is -0.733. The van der Waals surface area contributed by atoms with Crippen molar-refractivity contribution in [3.8, 4) is 0 Å². The Bertz CT molecular complexity index is 459. The number of hydrogen-bond donors (Lipinski definition) is 2. The number of rotatable bonds is 2. The zero-order valence-corrected chi connectivity index (χ0v) is 11.1. The highest BCUT2D eigenvalue weighted by Gasteiger charge is 2.27. The number of aliphatic carboxylic acids is 1. The van der Waals surface area contributed by atoms with Crippen LogP contribution in [-0.2, 0) is 4.79 Å². The highest BCUT2D eigenvalue weighted by atomic mass is 32.2. The van der Waals surface area contributed by atoms with E-state index in [1.165, 1.54) is 11.1 Å². The minimum Gasteiger partial charge on any atom is -0.481 e. The quantitative estimate of drug-likeness (QED) is 0.848. The molecule has 0 aromatic heterocycles. The molecule has 1 aliphatic heterocycles. The zero-order chi connectivity index (χ0) is 12.6. The van der Waals surface area contributed by atoms with Crippen LogP contribution in [0.25, 0.3) is 0 Å². The van der Waals surface area contributed by atoms with Crippen LogP contribution >= 0.6 is 11.8 Å². The molecule has 1 aromatic carbocycles. The van der Waals surface area contributed by atoms with Gasteiger partial charge in [0.2, 0.25) is 0 Å². The molecule has 0 fully saturated rings. The van der Waals surface area contributed by atoms with Crippen molar-refractivity contribution in [2.75, 3.05) is 5.32 Å². The molecule has 0 aliphatic carbocycles. The molecule has 0 saturated heterocycles. The van der Waals surface area contributed by atoms with Crippen LogP contribution in [0.4, 0.5) is 5.69 Å². The molecule has 2 atom stereocenters. The fraction of sp³-hybridized carbons (Fsp3) is 0.462. The van der Waals surface area contributed by atoms with Crippen molar-refractivity contribution in [1.29, 1.82) is 0 Å². The lowest BCUT2D eigenvalue weighted by molar-refractivity contribution is -0.137. The molecular formula is C13H17NO2S. The van der Waals surface area contributed by atoms with Gasteiger partial charge in [-0.3, -0.25) is 4.79 Å². The normalized spacial score (nSPS) is 22.8. The molecule has 92 valence electrons. The van der Waals surface area contributed by atoms with Gasteiger partial charge in [0.15, 0.2) is 0 Å². The number of thioether (sulfide) groups is 1. The summed E-state index contributed by atoms with van der Waals surface area (Å²) in [7, 11) is 0. The third-order valence-corrected chi connectivity index (χ3v) is 4.66. The van der Waals surface area contributed by atoms with Gasteiger partial charge in [0, 0.05) is 21.9 Å². The second-order valence-electron chi connectivity index (χ2n) is 4.62. The molecule has 4 heteroatoms. The first-order valence-electron chi connectivity index (χ1n) is 5.73. The number of fused-ring (bicyclic) bond motifs is 1. The number of benzene rings is 1. The van der Waals surface area contributed by atoms with Gasteiger partial charge in [-0.25, -0.2) is 0 Å². The smallest absolute Gasteiger partial charge is 0.304 e. The van der Waals surface area contributed by atoms with Crippen molar-refractivity contribution in [1.82, 2.24) is 0 Å². The first-order valence-corrected chi connectivity index (χ1v) is 6.61. The van der Waals surface area contributed by atoms with E-state index in [1.807, 2.05) is 6.92 Å². The Morgan fingerprint density at radius 3 is 2.71 bits per heavy atom. The first-order chi connectivity index (χ1) is 7.97. The number of aryl methyl sites for hydroxylation is 2. The second-order valence-corrected chi connectivity index (χ2v) is 5.90. The van der Waals surface area contributed by atoms with Crippen LogP contribution in [0.5, 0.6) is 0 Å². The maximum absolute atomic E-state index is 10.8. The Labute approximate surface area is 106 Å². The predicted molar refractivity (Wildman–Crippen MR) is 70.9 cm³/mol. The van der Waals surface area contributed by atoms with Crippen molar-refractivity contribution in [2.24, 2.45) is 0 Å². The summed E-state index contributed by atoms with van der Waals surface area (Å²) in [5, 5.41) is 12.4. The number of carbonyl (C=O) groups is 1. The Hall–Kier alpha value is -1.16. The van der Waals surface area contributed by atoms with E-state index < -0.39 is 5.97 Å². The van der Waals surface area contributed by atoms with Gasteiger partial charge in [0.1, 0.15) is 0 Å². The van der Waals surface area contributed by atoms with Crippen molar-refractivity contribution in [3.63, 3.8) is 0 Å². The van der Waals surface area contributed by atoms with Gasteiger partial charge in [0.25, 0.3) is 0 Å². The summed E-state index contributed by atoms with van der Waals surface area (Å²) < 4.78 is 0. The molecular weight excluding hydrogens is 234 g/mol. The fourth-order valence-electron chi connectivity index (χ4n) is 1.99. The Kier molecular flexibility index (Phi) is 3.33. The van der Waals surface area contributed by atoms with Crippen LogP contribution in [0.2, 0.25) is 0 Å². The molecule has 2 rings (SSSR count). The molecule has 0 bridgehead atoms. The van der Waals surface area contributed by atoms with Gasteiger partial charge in [-0.2, -0.15) is 0 Å². The van der Waals surface area contributed by atoms with Crippen LogP contribution in [-0.4, -0.2) is 22.4 Å². The Balaban J connectivity index is 2.27. The van der Waals surface area contributed by atoms with Crippen LogP contribution in [0.1, 0.15) is 24.5 Å². The topological polar surface area (TPSA) is 49.3 Å². The van der Waals surface area contributed by atoms with Crippen molar-refractivity contribution in [3.05, 3.63) is 23.3 Å². The standard InChI is InChI=1S/C13H17NO2S/c1-7-4-10-12(5-8(7)2)17-11(6-13(15)16)9(3)14-10/h4-5,9,11,14H,6H2,1-3H3,(H,15,16). The van der Waals surface area contributed by atoms with Crippen molar-refractivity contribution < 1.29 is 9.90 Å². The molecule has 0 spiro atoms. The van der Waals surface area contributed by atoms with E-state index in [1.54, 1.807) is 11.8 Å². The highest BCUT2D eigenvalue weighted by Crippen LogP contribution is 2.40. The second kappa shape index (κ2) is 4.61. The lowest BCUT2D eigenvalue weighted by atomic mass is 10.1. The highest BCUT2D eigenvalue weighted by molar-refractivity contribution is 8.00. The number of nitrogens with one attached hydrogen (secondary N) is 1. The number of anilines is 1. The van der Waals surface area contributed by atoms with Crippen LogP contribution in [0, 0.1) is 13.8 Å². The van der Waals surface area contributed by atoms with Crippen molar-refractivity contribution >= 4 is 23.4 Å². The molecule has 0 amide bonds. The van der Waals surface area contributed by atoms with Gasteiger partial charge in [0.05, 0.1) is 6.42 Å². The van der Waals surface area contributed by atoms with E-state index in [4.69, 9.17) is 5.11 Å². The van der Waals surface area contributed by atoms with Crippen LogP contribution in [0.15, 0.2) is 17.0 Å². The van der Waals surface area contributed by atoms with Crippen LogP contribution < -0.4 is 5.32 Å². The summed E-state index contributed by atoms with van der Waals surface area (Å²) in [4.78, 5) is 12.0. The molecule has 2 unspecified atom stereocenters.